The fourth-order valence-electron chi connectivity index (χ4n) is 2.93. The summed E-state index contributed by atoms with van der Waals surface area (Å²) in [5.41, 5.74) is 3.96. The van der Waals surface area contributed by atoms with Gasteiger partial charge in [-0.15, -0.1) is 0 Å². The van der Waals surface area contributed by atoms with Crippen molar-refractivity contribution in [1.29, 1.82) is 0 Å². The summed E-state index contributed by atoms with van der Waals surface area (Å²) >= 11 is 0. The van der Waals surface area contributed by atoms with Gasteiger partial charge in [-0.05, 0) is 11.5 Å². The Labute approximate surface area is 108 Å². The summed E-state index contributed by atoms with van der Waals surface area (Å²) in [5.74, 6) is 0. The van der Waals surface area contributed by atoms with Crippen molar-refractivity contribution in [2.75, 3.05) is 27.7 Å². The quantitative estimate of drug-likeness (QED) is 0.548. The molecule has 0 atom stereocenters. The van der Waals surface area contributed by atoms with Crippen LogP contribution in [0, 0.1) is 0 Å². The minimum Gasteiger partial charge on any atom is -0.504 e. The molecular weight excluding hydrogens is 222 g/mol. The number of likely N-dealkylation sites (N-methyl/N-ethyl adjacent to an activating group) is 1. The lowest BCUT2D eigenvalue weighted by Crippen LogP contribution is -2.43. The molecule has 2 aromatic carbocycles. The van der Waals surface area contributed by atoms with Crippen molar-refractivity contribution in [2.24, 2.45) is 0 Å². The highest BCUT2D eigenvalue weighted by atomic mass is 16.5. The molecule has 0 saturated carbocycles. The Morgan fingerprint density at radius 1 is 1.11 bits per heavy atom. The second-order valence-electron chi connectivity index (χ2n) is 5.40. The van der Waals surface area contributed by atoms with Crippen LogP contribution in [-0.4, -0.2) is 27.7 Å². The smallest absolute Gasteiger partial charge is 0.141 e. The predicted octanol–water partition coefficient (Wildman–Crippen LogP) is 3.41. The van der Waals surface area contributed by atoms with E-state index in [1.807, 2.05) is 6.26 Å². The van der Waals surface area contributed by atoms with E-state index >= 15 is 0 Å². The van der Waals surface area contributed by atoms with Crippen LogP contribution in [-0.2, 0) is 4.74 Å². The van der Waals surface area contributed by atoms with Gasteiger partial charge in [-0.1, -0.05) is 30.3 Å². The first-order chi connectivity index (χ1) is 8.63. The molecule has 0 bridgehead atoms. The van der Waals surface area contributed by atoms with Crippen LogP contribution in [0.25, 0.3) is 16.3 Å². The SMILES string of the molecule is CO/C=C1/C[N+](C)(C)c2cccc3cccc1c23. The summed E-state index contributed by atoms with van der Waals surface area (Å²) in [6, 6.07) is 13.0. The van der Waals surface area contributed by atoms with Gasteiger partial charge in [0.15, 0.2) is 0 Å². The van der Waals surface area contributed by atoms with Gasteiger partial charge in [0.05, 0.1) is 32.9 Å². The van der Waals surface area contributed by atoms with Crippen LogP contribution < -0.4 is 4.48 Å². The molecule has 0 amide bonds. The number of benzene rings is 2. The zero-order valence-corrected chi connectivity index (χ0v) is 11.1. The molecule has 0 spiro atoms. The number of quaternary nitrogens is 1. The largest absolute Gasteiger partial charge is 0.504 e. The Bertz CT molecular complexity index is 635. The molecule has 0 N–H and O–H groups in total. The molecule has 18 heavy (non-hydrogen) atoms. The summed E-state index contributed by atoms with van der Waals surface area (Å²) in [6.07, 6.45) is 1.88. The predicted molar refractivity (Wildman–Crippen MR) is 77.4 cm³/mol. The molecule has 0 aromatic heterocycles. The third-order valence-electron chi connectivity index (χ3n) is 3.71. The standard InChI is InChI=1S/C16H18NO/c1-17(2)10-13(11-18-3)14-8-4-6-12-7-5-9-15(17)16(12)14/h4-9,11H,10H2,1-3H3/q+1/b13-11-. The van der Waals surface area contributed by atoms with Crippen LogP contribution in [0.1, 0.15) is 5.56 Å². The van der Waals surface area contributed by atoms with Crippen LogP contribution in [0.2, 0.25) is 0 Å². The van der Waals surface area contributed by atoms with Gasteiger partial charge in [0, 0.05) is 11.1 Å². The lowest BCUT2D eigenvalue weighted by atomic mass is 9.92. The summed E-state index contributed by atoms with van der Waals surface area (Å²) in [4.78, 5) is 0. The number of hydrogen-bond acceptors (Lipinski definition) is 1. The lowest BCUT2D eigenvalue weighted by molar-refractivity contribution is 0.335. The van der Waals surface area contributed by atoms with E-state index in [0.29, 0.717) is 0 Å². The molecule has 0 saturated heterocycles. The fraction of sp³-hybridized carbons (Fsp3) is 0.250. The molecule has 1 heterocycles. The maximum Gasteiger partial charge on any atom is 0.141 e. The maximum absolute atomic E-state index is 5.25. The Morgan fingerprint density at radius 3 is 2.56 bits per heavy atom. The van der Waals surface area contributed by atoms with Gasteiger partial charge in [0.25, 0.3) is 0 Å². The average molecular weight is 240 g/mol. The monoisotopic (exact) mass is 240 g/mol. The normalized spacial score (nSPS) is 19.2. The summed E-state index contributed by atoms with van der Waals surface area (Å²) in [6.45, 7) is 0.962. The van der Waals surface area contributed by atoms with Gasteiger partial charge in [-0.2, -0.15) is 0 Å². The van der Waals surface area contributed by atoms with E-state index in [0.717, 1.165) is 11.0 Å². The molecular formula is C16H18NO+. The van der Waals surface area contributed by atoms with Crippen molar-refractivity contribution < 1.29 is 4.74 Å². The van der Waals surface area contributed by atoms with Crippen molar-refractivity contribution in [2.45, 2.75) is 0 Å². The average Bonchev–Trinajstić information content (AvgIpc) is 2.35. The van der Waals surface area contributed by atoms with E-state index in [-0.39, 0.29) is 0 Å². The molecule has 2 aromatic rings. The Kier molecular flexibility index (Phi) is 2.42. The number of ether oxygens (including phenoxy) is 1. The zero-order valence-electron chi connectivity index (χ0n) is 11.1. The van der Waals surface area contributed by atoms with Crippen molar-refractivity contribution in [3.8, 4) is 0 Å². The summed E-state index contributed by atoms with van der Waals surface area (Å²) in [5, 5.41) is 2.66. The molecule has 92 valence electrons. The summed E-state index contributed by atoms with van der Waals surface area (Å²) in [7, 11) is 6.20. The molecule has 0 fully saturated rings. The first kappa shape index (κ1) is 11.3. The highest BCUT2D eigenvalue weighted by Gasteiger charge is 2.31. The van der Waals surface area contributed by atoms with Gasteiger partial charge >= 0.3 is 0 Å². The van der Waals surface area contributed by atoms with Crippen molar-refractivity contribution in [1.82, 2.24) is 4.48 Å². The first-order valence-electron chi connectivity index (χ1n) is 6.21. The van der Waals surface area contributed by atoms with Crippen molar-refractivity contribution in [3.05, 3.63) is 48.2 Å². The lowest BCUT2D eigenvalue weighted by Gasteiger charge is -2.35. The van der Waals surface area contributed by atoms with Crippen molar-refractivity contribution in [3.63, 3.8) is 0 Å². The topological polar surface area (TPSA) is 9.23 Å². The van der Waals surface area contributed by atoms with Crippen LogP contribution in [0.5, 0.6) is 0 Å². The van der Waals surface area contributed by atoms with Gasteiger partial charge in [-0.25, -0.2) is 0 Å². The van der Waals surface area contributed by atoms with Gasteiger partial charge in [-0.3, -0.25) is 4.48 Å². The van der Waals surface area contributed by atoms with Crippen LogP contribution in [0.4, 0.5) is 5.69 Å². The second kappa shape index (κ2) is 3.85. The highest BCUT2D eigenvalue weighted by molar-refractivity contribution is 6.04. The molecule has 0 radical (unpaired) electrons. The summed E-state index contributed by atoms with van der Waals surface area (Å²) < 4.78 is 6.11. The molecule has 1 aliphatic rings. The third kappa shape index (κ3) is 1.53. The maximum atomic E-state index is 5.25. The molecule has 1 aliphatic heterocycles. The van der Waals surface area contributed by atoms with E-state index in [2.05, 4.69) is 50.5 Å². The van der Waals surface area contributed by atoms with E-state index in [1.54, 1.807) is 7.11 Å². The fourth-order valence-corrected chi connectivity index (χ4v) is 2.93. The highest BCUT2D eigenvalue weighted by Crippen LogP contribution is 2.40. The van der Waals surface area contributed by atoms with Crippen molar-refractivity contribution >= 4 is 22.0 Å². The molecule has 0 unspecified atom stereocenters. The molecule has 0 aliphatic carbocycles. The first-order valence-corrected chi connectivity index (χ1v) is 6.21. The third-order valence-corrected chi connectivity index (χ3v) is 3.71. The van der Waals surface area contributed by atoms with E-state index < -0.39 is 0 Å². The van der Waals surface area contributed by atoms with E-state index in [9.17, 15) is 0 Å². The molecule has 2 nitrogen and oxygen atoms in total. The molecule has 3 rings (SSSR count). The number of rotatable bonds is 1. The van der Waals surface area contributed by atoms with Gasteiger partial charge < -0.3 is 4.74 Å². The Hall–Kier alpha value is -1.80. The van der Waals surface area contributed by atoms with Crippen LogP contribution in [0.15, 0.2) is 42.7 Å². The molecule has 2 heteroatoms. The second-order valence-corrected chi connectivity index (χ2v) is 5.40. The number of hydrogen-bond donors (Lipinski definition) is 0. The zero-order chi connectivity index (χ0) is 12.8. The van der Waals surface area contributed by atoms with E-state index in [4.69, 9.17) is 4.74 Å². The Balaban J connectivity index is 2.42. The van der Waals surface area contributed by atoms with Crippen LogP contribution >= 0.6 is 0 Å². The number of nitrogens with zero attached hydrogens (tertiary/aromatic N) is 1. The van der Waals surface area contributed by atoms with Gasteiger partial charge in [0.2, 0.25) is 0 Å². The minimum atomic E-state index is 0.865. The van der Waals surface area contributed by atoms with E-state index in [1.165, 1.54) is 27.6 Å². The minimum absolute atomic E-state index is 0.865. The number of methoxy groups -OCH3 is 1. The van der Waals surface area contributed by atoms with Gasteiger partial charge in [0.1, 0.15) is 12.2 Å². The Morgan fingerprint density at radius 2 is 1.83 bits per heavy atom. The van der Waals surface area contributed by atoms with Crippen LogP contribution in [0.3, 0.4) is 0 Å².